The van der Waals surface area contributed by atoms with Crippen molar-refractivity contribution in [2.75, 3.05) is 5.32 Å². The van der Waals surface area contributed by atoms with Crippen LogP contribution in [0.25, 0.3) is 10.8 Å². The van der Waals surface area contributed by atoms with E-state index in [1.165, 1.54) is 0 Å². The maximum absolute atomic E-state index is 6.07. The molecule has 1 aromatic carbocycles. The SMILES string of the molecule is Cn1cc(COc2ccc3c(Nc4ccc(Cl)nc4)nccc3c2)c(Cl)n1. The summed E-state index contributed by atoms with van der Waals surface area (Å²) in [6.07, 6.45) is 5.25. The predicted octanol–water partition coefficient (Wildman–Crippen LogP) is 4.99. The van der Waals surface area contributed by atoms with E-state index >= 15 is 0 Å². The van der Waals surface area contributed by atoms with Crippen molar-refractivity contribution in [2.24, 2.45) is 7.05 Å². The van der Waals surface area contributed by atoms with Crippen molar-refractivity contribution in [2.45, 2.75) is 6.61 Å². The number of rotatable bonds is 5. The Kier molecular flexibility index (Phi) is 4.83. The Hall–Kier alpha value is -2.83. The van der Waals surface area contributed by atoms with Crippen molar-refractivity contribution >= 4 is 45.5 Å². The zero-order valence-corrected chi connectivity index (χ0v) is 15.9. The molecule has 0 atom stereocenters. The first kappa shape index (κ1) is 17.6. The van der Waals surface area contributed by atoms with Gasteiger partial charge < -0.3 is 10.1 Å². The smallest absolute Gasteiger partial charge is 0.157 e. The van der Waals surface area contributed by atoms with Gasteiger partial charge in [-0.25, -0.2) is 9.97 Å². The molecule has 0 aliphatic rings. The second kappa shape index (κ2) is 7.42. The summed E-state index contributed by atoms with van der Waals surface area (Å²) in [4.78, 5) is 8.49. The number of anilines is 2. The van der Waals surface area contributed by atoms with Gasteiger partial charge in [0.05, 0.1) is 11.9 Å². The van der Waals surface area contributed by atoms with E-state index in [0.29, 0.717) is 16.9 Å². The third-order valence-corrected chi connectivity index (χ3v) is 4.52. The van der Waals surface area contributed by atoms with Gasteiger partial charge in [0.25, 0.3) is 0 Å². The van der Waals surface area contributed by atoms with E-state index in [-0.39, 0.29) is 0 Å². The Morgan fingerprint density at radius 3 is 2.74 bits per heavy atom. The Morgan fingerprint density at radius 1 is 1.11 bits per heavy atom. The molecule has 0 spiro atoms. The Labute approximate surface area is 165 Å². The fourth-order valence-electron chi connectivity index (χ4n) is 2.70. The zero-order chi connectivity index (χ0) is 18.8. The van der Waals surface area contributed by atoms with Gasteiger partial charge >= 0.3 is 0 Å². The monoisotopic (exact) mass is 399 g/mol. The van der Waals surface area contributed by atoms with Gasteiger partial charge in [0, 0.05) is 30.4 Å². The number of hydrogen-bond acceptors (Lipinski definition) is 5. The summed E-state index contributed by atoms with van der Waals surface area (Å²) in [5.41, 5.74) is 1.65. The van der Waals surface area contributed by atoms with Crippen LogP contribution in [0.4, 0.5) is 11.5 Å². The van der Waals surface area contributed by atoms with E-state index in [1.807, 2.05) is 43.6 Å². The molecule has 1 N–H and O–H groups in total. The standard InChI is InChI=1S/C19H15Cl2N5O/c1-26-10-13(18(21)25-26)11-27-15-3-4-16-12(8-15)6-7-22-19(16)24-14-2-5-17(20)23-9-14/h2-10H,11H2,1H3,(H,22,24). The van der Waals surface area contributed by atoms with Crippen LogP contribution in [0.2, 0.25) is 10.3 Å². The number of aryl methyl sites for hydroxylation is 1. The van der Waals surface area contributed by atoms with Crippen molar-refractivity contribution in [3.63, 3.8) is 0 Å². The number of hydrogen-bond donors (Lipinski definition) is 1. The van der Waals surface area contributed by atoms with Crippen LogP contribution in [0.3, 0.4) is 0 Å². The van der Waals surface area contributed by atoms with Crippen LogP contribution in [0.15, 0.2) is 55.0 Å². The summed E-state index contributed by atoms with van der Waals surface area (Å²) in [7, 11) is 1.82. The summed E-state index contributed by atoms with van der Waals surface area (Å²) < 4.78 is 7.53. The number of nitrogens with zero attached hydrogens (tertiary/aromatic N) is 4. The summed E-state index contributed by atoms with van der Waals surface area (Å²) >= 11 is 11.9. The molecule has 4 aromatic rings. The highest BCUT2D eigenvalue weighted by Crippen LogP contribution is 2.28. The lowest BCUT2D eigenvalue weighted by atomic mass is 10.1. The molecule has 27 heavy (non-hydrogen) atoms. The van der Waals surface area contributed by atoms with Gasteiger partial charge in [-0.3, -0.25) is 4.68 Å². The van der Waals surface area contributed by atoms with E-state index in [0.717, 1.165) is 33.6 Å². The van der Waals surface area contributed by atoms with E-state index in [1.54, 1.807) is 23.1 Å². The molecular formula is C19H15Cl2N5O. The van der Waals surface area contributed by atoms with Crippen LogP contribution in [0, 0.1) is 0 Å². The first-order chi connectivity index (χ1) is 13.1. The molecule has 0 unspecified atom stereocenters. The molecule has 0 saturated heterocycles. The van der Waals surface area contributed by atoms with Gasteiger partial charge in [-0.2, -0.15) is 5.10 Å². The molecule has 0 aliphatic heterocycles. The second-order valence-corrected chi connectivity index (χ2v) is 6.69. The molecule has 3 heterocycles. The minimum Gasteiger partial charge on any atom is -0.489 e. The van der Waals surface area contributed by atoms with Crippen LogP contribution in [0.5, 0.6) is 5.75 Å². The maximum atomic E-state index is 6.07. The number of benzene rings is 1. The normalized spacial score (nSPS) is 10.9. The average Bonchev–Trinajstić information content (AvgIpc) is 2.99. The molecule has 0 bridgehead atoms. The molecule has 136 valence electrons. The summed E-state index contributed by atoms with van der Waals surface area (Å²) in [5.74, 6) is 1.48. The van der Waals surface area contributed by atoms with Gasteiger partial charge in [0.2, 0.25) is 0 Å². The first-order valence-electron chi connectivity index (χ1n) is 8.17. The minimum atomic E-state index is 0.352. The van der Waals surface area contributed by atoms with E-state index in [2.05, 4.69) is 20.4 Å². The lowest BCUT2D eigenvalue weighted by molar-refractivity contribution is 0.306. The Balaban J connectivity index is 1.56. The van der Waals surface area contributed by atoms with Crippen LogP contribution in [0.1, 0.15) is 5.56 Å². The number of halogens is 2. The summed E-state index contributed by atoms with van der Waals surface area (Å²) in [6, 6.07) is 11.3. The van der Waals surface area contributed by atoms with Gasteiger partial charge in [-0.1, -0.05) is 23.2 Å². The van der Waals surface area contributed by atoms with Gasteiger partial charge in [-0.15, -0.1) is 0 Å². The molecule has 0 radical (unpaired) electrons. The first-order valence-corrected chi connectivity index (χ1v) is 8.92. The number of nitrogens with one attached hydrogen (secondary N) is 1. The second-order valence-electron chi connectivity index (χ2n) is 5.94. The van der Waals surface area contributed by atoms with Crippen LogP contribution in [-0.2, 0) is 13.7 Å². The number of aromatic nitrogens is 4. The molecule has 0 saturated carbocycles. The largest absolute Gasteiger partial charge is 0.489 e. The molecule has 6 nitrogen and oxygen atoms in total. The molecular weight excluding hydrogens is 385 g/mol. The molecule has 4 rings (SSSR count). The van der Waals surface area contributed by atoms with Crippen molar-refractivity contribution < 1.29 is 4.74 Å². The zero-order valence-electron chi connectivity index (χ0n) is 14.4. The lowest BCUT2D eigenvalue weighted by Gasteiger charge is -2.10. The molecule has 0 aliphatic carbocycles. The molecule has 3 aromatic heterocycles. The van der Waals surface area contributed by atoms with E-state index in [4.69, 9.17) is 27.9 Å². The van der Waals surface area contributed by atoms with Crippen LogP contribution >= 0.6 is 23.2 Å². The van der Waals surface area contributed by atoms with Gasteiger partial charge in [-0.05, 0) is 41.8 Å². The van der Waals surface area contributed by atoms with Crippen LogP contribution < -0.4 is 10.1 Å². The summed E-state index contributed by atoms with van der Waals surface area (Å²) in [6.45, 7) is 0.352. The highest BCUT2D eigenvalue weighted by atomic mass is 35.5. The molecule has 8 heteroatoms. The maximum Gasteiger partial charge on any atom is 0.157 e. The van der Waals surface area contributed by atoms with Crippen molar-refractivity contribution in [3.8, 4) is 5.75 Å². The molecule has 0 fully saturated rings. The fraction of sp³-hybridized carbons (Fsp3) is 0.105. The van der Waals surface area contributed by atoms with E-state index in [9.17, 15) is 0 Å². The number of ether oxygens (including phenoxy) is 1. The van der Waals surface area contributed by atoms with E-state index < -0.39 is 0 Å². The number of pyridine rings is 2. The van der Waals surface area contributed by atoms with Crippen molar-refractivity contribution in [3.05, 3.63) is 70.9 Å². The number of fused-ring (bicyclic) bond motifs is 1. The van der Waals surface area contributed by atoms with Crippen molar-refractivity contribution in [1.29, 1.82) is 0 Å². The fourth-order valence-corrected chi connectivity index (χ4v) is 3.03. The Bertz CT molecular complexity index is 1100. The quantitative estimate of drug-likeness (QED) is 0.478. The van der Waals surface area contributed by atoms with Gasteiger partial charge in [0.15, 0.2) is 5.15 Å². The summed E-state index contributed by atoms with van der Waals surface area (Å²) in [5, 5.41) is 10.2. The molecule has 0 amide bonds. The average molecular weight is 400 g/mol. The van der Waals surface area contributed by atoms with Crippen LogP contribution in [-0.4, -0.2) is 19.7 Å². The van der Waals surface area contributed by atoms with Gasteiger partial charge in [0.1, 0.15) is 23.3 Å². The topological polar surface area (TPSA) is 64.9 Å². The predicted molar refractivity (Wildman–Crippen MR) is 107 cm³/mol. The Morgan fingerprint density at radius 2 is 2.00 bits per heavy atom. The third kappa shape index (κ3) is 3.97. The highest BCUT2D eigenvalue weighted by molar-refractivity contribution is 6.30. The highest BCUT2D eigenvalue weighted by Gasteiger charge is 2.08. The third-order valence-electron chi connectivity index (χ3n) is 3.97. The lowest BCUT2D eigenvalue weighted by Crippen LogP contribution is -1.97. The van der Waals surface area contributed by atoms with Crippen molar-refractivity contribution in [1.82, 2.24) is 19.7 Å². The minimum absolute atomic E-state index is 0.352.